The van der Waals surface area contributed by atoms with E-state index in [9.17, 15) is 10.2 Å². The highest BCUT2D eigenvalue weighted by molar-refractivity contribution is 9.09. The van der Waals surface area contributed by atoms with E-state index in [1.165, 1.54) is 6.07 Å². The van der Waals surface area contributed by atoms with Crippen LogP contribution < -0.4 is 5.73 Å². The van der Waals surface area contributed by atoms with Crippen molar-refractivity contribution in [3.8, 4) is 0 Å². The number of rotatable bonds is 4. The second-order valence-corrected chi connectivity index (χ2v) is 4.28. The number of nitrogens with two attached hydrogens (primary N) is 1. The fraction of sp³-hybridized carbons (Fsp3) is 0.444. The van der Waals surface area contributed by atoms with Gasteiger partial charge in [0.2, 0.25) is 0 Å². The number of hydrogen-bond acceptors (Lipinski definition) is 4. The number of halogens is 2. The smallest absolute Gasteiger partial charge is 0.129 e. The molecular weight excluding hydrogens is 283 g/mol. The third-order valence-corrected chi connectivity index (χ3v) is 2.64. The van der Waals surface area contributed by atoms with Crippen LogP contribution >= 0.6 is 27.5 Å². The summed E-state index contributed by atoms with van der Waals surface area (Å²) in [6, 6.07) is 3.08. The first-order chi connectivity index (χ1) is 7.06. The van der Waals surface area contributed by atoms with Crippen molar-refractivity contribution in [2.75, 3.05) is 11.1 Å². The van der Waals surface area contributed by atoms with E-state index >= 15 is 0 Å². The van der Waals surface area contributed by atoms with E-state index < -0.39 is 12.2 Å². The summed E-state index contributed by atoms with van der Waals surface area (Å²) in [6.07, 6.45) is -1.60. The minimum Gasteiger partial charge on any atom is -0.397 e. The largest absolute Gasteiger partial charge is 0.397 e. The van der Waals surface area contributed by atoms with Crippen molar-refractivity contribution < 1.29 is 10.2 Å². The topological polar surface area (TPSA) is 79.4 Å². The Morgan fingerprint density at radius 3 is 2.73 bits per heavy atom. The van der Waals surface area contributed by atoms with E-state index in [0.29, 0.717) is 17.4 Å². The van der Waals surface area contributed by atoms with Gasteiger partial charge in [0.25, 0.3) is 0 Å². The van der Waals surface area contributed by atoms with E-state index in [1.54, 1.807) is 6.07 Å². The normalized spacial score (nSPS) is 14.9. The van der Waals surface area contributed by atoms with Gasteiger partial charge in [-0.05, 0) is 18.6 Å². The zero-order valence-electron chi connectivity index (χ0n) is 7.90. The lowest BCUT2D eigenvalue weighted by atomic mass is 10.1. The lowest BCUT2D eigenvalue weighted by molar-refractivity contribution is 0.0153. The van der Waals surface area contributed by atoms with Gasteiger partial charge in [0.15, 0.2) is 0 Å². The van der Waals surface area contributed by atoms with Gasteiger partial charge in [-0.3, -0.25) is 0 Å². The number of hydrogen-bond donors (Lipinski definition) is 3. The summed E-state index contributed by atoms with van der Waals surface area (Å²) in [5.74, 6) is 0. The van der Waals surface area contributed by atoms with Crippen molar-refractivity contribution in [3.63, 3.8) is 0 Å². The molecule has 0 amide bonds. The van der Waals surface area contributed by atoms with Crippen LogP contribution in [0.15, 0.2) is 12.1 Å². The molecule has 6 heteroatoms. The second-order valence-electron chi connectivity index (χ2n) is 3.10. The second kappa shape index (κ2) is 5.65. The van der Waals surface area contributed by atoms with Crippen molar-refractivity contribution >= 4 is 33.2 Å². The number of aliphatic hydroxyl groups excluding tert-OH is 2. The summed E-state index contributed by atoms with van der Waals surface area (Å²) in [5.41, 5.74) is 6.16. The molecule has 1 aromatic rings. The highest BCUT2D eigenvalue weighted by Gasteiger charge is 2.21. The maximum Gasteiger partial charge on any atom is 0.129 e. The molecule has 4 nitrogen and oxygen atoms in total. The summed E-state index contributed by atoms with van der Waals surface area (Å²) >= 11 is 8.85. The maximum atomic E-state index is 9.75. The molecule has 0 fully saturated rings. The number of nitrogens with zero attached hydrogens (tertiary/aromatic N) is 1. The first-order valence-corrected chi connectivity index (χ1v) is 5.90. The molecule has 0 saturated heterocycles. The van der Waals surface area contributed by atoms with Crippen LogP contribution in [0.2, 0.25) is 5.15 Å². The monoisotopic (exact) mass is 294 g/mol. The predicted molar refractivity (Wildman–Crippen MR) is 63.0 cm³/mol. The zero-order valence-corrected chi connectivity index (χ0v) is 10.2. The van der Waals surface area contributed by atoms with Gasteiger partial charge in [0.1, 0.15) is 11.3 Å². The summed E-state index contributed by atoms with van der Waals surface area (Å²) in [5, 5.41) is 20.2. The van der Waals surface area contributed by atoms with E-state index in [-0.39, 0.29) is 10.8 Å². The molecule has 0 aliphatic carbocycles. The highest BCUT2D eigenvalue weighted by Crippen LogP contribution is 2.24. The Bertz CT molecular complexity index is 338. The van der Waals surface area contributed by atoms with E-state index in [4.69, 9.17) is 17.3 Å². The van der Waals surface area contributed by atoms with Crippen LogP contribution in [0, 0.1) is 0 Å². The average Bonchev–Trinajstić information content (AvgIpc) is 2.21. The molecule has 1 aromatic heterocycles. The molecule has 2 atom stereocenters. The van der Waals surface area contributed by atoms with Crippen LogP contribution in [-0.4, -0.2) is 26.6 Å². The van der Waals surface area contributed by atoms with Gasteiger partial charge in [-0.1, -0.05) is 27.5 Å². The number of anilines is 1. The summed E-state index contributed by atoms with van der Waals surface area (Å²) < 4.78 is 0. The Labute approximate surface area is 101 Å². The summed E-state index contributed by atoms with van der Waals surface area (Å²) in [4.78, 5) is 3.89. The Morgan fingerprint density at radius 2 is 2.13 bits per heavy atom. The number of pyridine rings is 1. The van der Waals surface area contributed by atoms with Crippen LogP contribution in [0.1, 0.15) is 18.2 Å². The van der Waals surface area contributed by atoms with Crippen LogP contribution in [0.3, 0.4) is 0 Å². The number of aliphatic hydroxyl groups is 2. The fourth-order valence-electron chi connectivity index (χ4n) is 1.15. The standard InChI is InChI=1S/C9H12BrClN2O2/c10-4-3-6(14)9(15)8-5(12)1-2-7(11)13-8/h1-2,6,9,14-15H,3-4,12H2. The van der Waals surface area contributed by atoms with E-state index in [1.807, 2.05) is 0 Å². The Morgan fingerprint density at radius 1 is 1.47 bits per heavy atom. The Balaban J connectivity index is 2.89. The van der Waals surface area contributed by atoms with Crippen LogP contribution in [0.4, 0.5) is 5.69 Å². The molecule has 0 aliphatic heterocycles. The van der Waals surface area contributed by atoms with Gasteiger partial charge < -0.3 is 15.9 Å². The molecule has 0 aromatic carbocycles. The molecule has 0 bridgehead atoms. The van der Waals surface area contributed by atoms with Crippen molar-refractivity contribution in [1.82, 2.24) is 4.98 Å². The van der Waals surface area contributed by atoms with Gasteiger partial charge >= 0.3 is 0 Å². The van der Waals surface area contributed by atoms with Crippen LogP contribution in [0.5, 0.6) is 0 Å². The quantitative estimate of drug-likeness (QED) is 0.581. The Hall–Kier alpha value is -0.360. The lowest BCUT2D eigenvalue weighted by Gasteiger charge is -2.17. The zero-order chi connectivity index (χ0) is 11.4. The van der Waals surface area contributed by atoms with E-state index in [2.05, 4.69) is 20.9 Å². The van der Waals surface area contributed by atoms with Crippen molar-refractivity contribution in [2.45, 2.75) is 18.6 Å². The SMILES string of the molecule is Nc1ccc(Cl)nc1C(O)C(O)CCBr. The van der Waals surface area contributed by atoms with Gasteiger partial charge in [0, 0.05) is 5.33 Å². The molecule has 15 heavy (non-hydrogen) atoms. The predicted octanol–water partition coefficient (Wildman–Crippen LogP) is 1.50. The Kier molecular flexibility index (Phi) is 4.79. The fourth-order valence-corrected chi connectivity index (χ4v) is 1.77. The highest BCUT2D eigenvalue weighted by atomic mass is 79.9. The number of alkyl halides is 1. The molecule has 1 heterocycles. The summed E-state index contributed by atoms with van der Waals surface area (Å²) in [7, 11) is 0. The third-order valence-electron chi connectivity index (χ3n) is 1.97. The molecule has 1 rings (SSSR count). The number of aromatic nitrogens is 1. The van der Waals surface area contributed by atoms with E-state index in [0.717, 1.165) is 0 Å². The summed E-state index contributed by atoms with van der Waals surface area (Å²) in [6.45, 7) is 0. The maximum absolute atomic E-state index is 9.75. The van der Waals surface area contributed by atoms with Gasteiger partial charge in [0.05, 0.1) is 17.5 Å². The van der Waals surface area contributed by atoms with Crippen LogP contribution in [0.25, 0.3) is 0 Å². The van der Waals surface area contributed by atoms with Crippen molar-refractivity contribution in [3.05, 3.63) is 23.0 Å². The van der Waals surface area contributed by atoms with Gasteiger partial charge in [-0.15, -0.1) is 0 Å². The lowest BCUT2D eigenvalue weighted by Crippen LogP contribution is -2.20. The minimum absolute atomic E-state index is 0.218. The third kappa shape index (κ3) is 3.31. The average molecular weight is 296 g/mol. The molecule has 4 N–H and O–H groups in total. The molecule has 0 saturated carbocycles. The van der Waals surface area contributed by atoms with Crippen molar-refractivity contribution in [2.24, 2.45) is 0 Å². The van der Waals surface area contributed by atoms with Crippen LogP contribution in [-0.2, 0) is 0 Å². The van der Waals surface area contributed by atoms with Gasteiger partial charge in [-0.25, -0.2) is 4.98 Å². The minimum atomic E-state index is -1.11. The molecule has 2 unspecified atom stereocenters. The molecule has 0 radical (unpaired) electrons. The molecule has 0 aliphatic rings. The molecule has 84 valence electrons. The molecular formula is C9H12BrClN2O2. The number of nitrogen functional groups attached to an aromatic ring is 1. The van der Waals surface area contributed by atoms with Gasteiger partial charge in [-0.2, -0.15) is 0 Å². The first kappa shape index (κ1) is 12.7. The first-order valence-electron chi connectivity index (χ1n) is 4.40. The van der Waals surface area contributed by atoms with Crippen molar-refractivity contribution in [1.29, 1.82) is 0 Å². The molecule has 0 spiro atoms.